The second kappa shape index (κ2) is 9.75. The number of benzene rings is 2. The van der Waals surface area contributed by atoms with E-state index >= 15 is 0 Å². The number of methoxy groups -OCH3 is 1. The van der Waals surface area contributed by atoms with Gasteiger partial charge in [-0.05, 0) is 67.2 Å². The van der Waals surface area contributed by atoms with Crippen LogP contribution in [0.2, 0.25) is 5.02 Å². The number of carbonyl (C=O) groups excluding carboxylic acids is 2. The summed E-state index contributed by atoms with van der Waals surface area (Å²) in [6.45, 7) is 1.58. The van der Waals surface area contributed by atoms with Gasteiger partial charge in [0.2, 0.25) is 0 Å². The number of thiocarbonyl (C=S) groups is 1. The molecule has 0 radical (unpaired) electrons. The quantitative estimate of drug-likeness (QED) is 0.521. The number of hydrogen-bond acceptors (Lipinski definition) is 5. The van der Waals surface area contributed by atoms with E-state index in [0.717, 1.165) is 5.56 Å². The van der Waals surface area contributed by atoms with Gasteiger partial charge < -0.3 is 9.47 Å². The van der Waals surface area contributed by atoms with Crippen LogP contribution in [0, 0.1) is 6.92 Å². The molecule has 7 nitrogen and oxygen atoms in total. The van der Waals surface area contributed by atoms with Crippen molar-refractivity contribution in [3.05, 3.63) is 58.6 Å². The SMILES string of the molecule is COc1ccc(C(=O)NNC(=S)NC(=O)COc2ccc(Cl)cc2C)cc1. The Hall–Kier alpha value is -2.84. The number of carbonyl (C=O) groups is 2. The molecule has 0 saturated heterocycles. The number of halogens is 1. The van der Waals surface area contributed by atoms with Gasteiger partial charge in [-0.25, -0.2) is 0 Å². The van der Waals surface area contributed by atoms with Crippen molar-refractivity contribution >= 4 is 40.7 Å². The van der Waals surface area contributed by atoms with Crippen molar-refractivity contribution < 1.29 is 19.1 Å². The van der Waals surface area contributed by atoms with Gasteiger partial charge in [-0.2, -0.15) is 0 Å². The van der Waals surface area contributed by atoms with E-state index < -0.39 is 11.8 Å². The molecule has 0 aliphatic rings. The van der Waals surface area contributed by atoms with Crippen LogP contribution in [0.1, 0.15) is 15.9 Å². The first-order valence-corrected chi connectivity index (χ1v) is 8.61. The lowest BCUT2D eigenvalue weighted by Gasteiger charge is -2.12. The van der Waals surface area contributed by atoms with Crippen LogP contribution in [-0.2, 0) is 4.79 Å². The number of rotatable bonds is 5. The summed E-state index contributed by atoms with van der Waals surface area (Å²) in [5, 5.41) is 2.93. The number of nitrogens with one attached hydrogen (secondary N) is 3. The molecular formula is C18H18ClN3O4S. The monoisotopic (exact) mass is 407 g/mol. The fourth-order valence-corrected chi connectivity index (χ4v) is 2.43. The van der Waals surface area contributed by atoms with E-state index in [4.69, 9.17) is 33.3 Å². The fraction of sp³-hybridized carbons (Fsp3) is 0.167. The van der Waals surface area contributed by atoms with Gasteiger partial charge in [0.1, 0.15) is 11.5 Å². The second-order valence-corrected chi connectivity index (χ2v) is 6.23. The minimum atomic E-state index is -0.472. The Morgan fingerprint density at radius 1 is 1.11 bits per heavy atom. The summed E-state index contributed by atoms with van der Waals surface area (Å²) in [5.41, 5.74) is 6.05. The second-order valence-electron chi connectivity index (χ2n) is 5.38. The lowest BCUT2D eigenvalue weighted by molar-refractivity contribution is -0.121. The first kappa shape index (κ1) is 20.5. The summed E-state index contributed by atoms with van der Waals surface area (Å²) >= 11 is 10.8. The molecule has 0 aliphatic carbocycles. The molecule has 0 aliphatic heterocycles. The molecule has 0 saturated carbocycles. The molecule has 0 aromatic heterocycles. The predicted molar refractivity (Wildman–Crippen MR) is 106 cm³/mol. The zero-order chi connectivity index (χ0) is 19.8. The number of hydrogen-bond donors (Lipinski definition) is 3. The predicted octanol–water partition coefficient (Wildman–Crippen LogP) is 2.37. The molecule has 0 fully saturated rings. The van der Waals surface area contributed by atoms with Gasteiger partial charge in [0.15, 0.2) is 11.7 Å². The minimum Gasteiger partial charge on any atom is -0.497 e. The van der Waals surface area contributed by atoms with Gasteiger partial charge in [-0.15, -0.1) is 0 Å². The van der Waals surface area contributed by atoms with E-state index in [1.54, 1.807) is 42.5 Å². The van der Waals surface area contributed by atoms with E-state index in [1.807, 2.05) is 6.92 Å². The van der Waals surface area contributed by atoms with Crippen LogP contribution in [0.4, 0.5) is 0 Å². The lowest BCUT2D eigenvalue weighted by atomic mass is 10.2. The summed E-state index contributed by atoms with van der Waals surface area (Å²) in [6.07, 6.45) is 0. The summed E-state index contributed by atoms with van der Waals surface area (Å²) in [4.78, 5) is 23.9. The summed E-state index contributed by atoms with van der Waals surface area (Å²) in [5.74, 6) is 0.294. The molecule has 0 atom stereocenters. The topological polar surface area (TPSA) is 88.7 Å². The van der Waals surface area contributed by atoms with Gasteiger partial charge in [0.25, 0.3) is 11.8 Å². The number of ether oxygens (including phenoxy) is 2. The largest absolute Gasteiger partial charge is 0.497 e. The van der Waals surface area contributed by atoms with Crippen molar-refractivity contribution in [3.63, 3.8) is 0 Å². The van der Waals surface area contributed by atoms with Crippen molar-refractivity contribution in [2.75, 3.05) is 13.7 Å². The Morgan fingerprint density at radius 3 is 2.44 bits per heavy atom. The highest BCUT2D eigenvalue weighted by Crippen LogP contribution is 2.21. The highest BCUT2D eigenvalue weighted by Gasteiger charge is 2.09. The number of hydrazine groups is 1. The van der Waals surface area contributed by atoms with Crippen LogP contribution in [0.25, 0.3) is 0 Å². The molecule has 27 heavy (non-hydrogen) atoms. The van der Waals surface area contributed by atoms with Gasteiger partial charge >= 0.3 is 0 Å². The third-order valence-corrected chi connectivity index (χ3v) is 3.83. The van der Waals surface area contributed by atoms with Gasteiger partial charge in [0.05, 0.1) is 7.11 Å². The number of amides is 2. The van der Waals surface area contributed by atoms with Gasteiger partial charge in [0, 0.05) is 10.6 Å². The Kier molecular flexibility index (Phi) is 7.39. The third kappa shape index (κ3) is 6.43. The molecule has 0 bridgehead atoms. The third-order valence-electron chi connectivity index (χ3n) is 3.39. The average molecular weight is 408 g/mol. The Morgan fingerprint density at radius 2 is 1.81 bits per heavy atom. The van der Waals surface area contributed by atoms with Crippen LogP contribution in [-0.4, -0.2) is 30.6 Å². The normalized spacial score (nSPS) is 9.89. The fourth-order valence-electron chi connectivity index (χ4n) is 2.04. The molecule has 142 valence electrons. The average Bonchev–Trinajstić information content (AvgIpc) is 2.65. The molecule has 0 unspecified atom stereocenters. The van der Waals surface area contributed by atoms with Crippen molar-refractivity contribution in [1.82, 2.24) is 16.2 Å². The molecule has 2 amide bonds. The van der Waals surface area contributed by atoms with Crippen LogP contribution in [0.3, 0.4) is 0 Å². The zero-order valence-electron chi connectivity index (χ0n) is 14.7. The zero-order valence-corrected chi connectivity index (χ0v) is 16.2. The van der Waals surface area contributed by atoms with Crippen LogP contribution in [0.5, 0.6) is 11.5 Å². The van der Waals surface area contributed by atoms with Crippen LogP contribution < -0.4 is 25.6 Å². The smallest absolute Gasteiger partial charge is 0.269 e. The van der Waals surface area contributed by atoms with Gasteiger partial charge in [-0.3, -0.25) is 25.8 Å². The molecule has 3 N–H and O–H groups in total. The van der Waals surface area contributed by atoms with Crippen molar-refractivity contribution in [2.45, 2.75) is 6.92 Å². The van der Waals surface area contributed by atoms with Gasteiger partial charge in [-0.1, -0.05) is 11.6 Å². The standard InChI is InChI=1S/C18H18ClN3O4S/c1-11-9-13(19)5-8-15(11)26-10-16(23)20-18(27)22-21-17(24)12-3-6-14(25-2)7-4-12/h3-9H,10H2,1-2H3,(H,21,24)(H2,20,22,23,27). The van der Waals surface area contributed by atoms with Crippen molar-refractivity contribution in [2.24, 2.45) is 0 Å². The summed E-state index contributed by atoms with van der Waals surface area (Å²) < 4.78 is 10.4. The van der Waals surface area contributed by atoms with E-state index in [2.05, 4.69) is 16.2 Å². The van der Waals surface area contributed by atoms with E-state index in [0.29, 0.717) is 22.1 Å². The van der Waals surface area contributed by atoms with Crippen LogP contribution >= 0.6 is 23.8 Å². The first-order chi connectivity index (χ1) is 12.9. The molecule has 0 spiro atoms. The van der Waals surface area contributed by atoms with Crippen molar-refractivity contribution in [3.8, 4) is 11.5 Å². The Bertz CT molecular complexity index is 843. The maximum atomic E-state index is 12.0. The molecule has 2 rings (SSSR count). The summed E-state index contributed by atoms with van der Waals surface area (Å²) in [6, 6.07) is 11.6. The summed E-state index contributed by atoms with van der Waals surface area (Å²) in [7, 11) is 1.54. The molecule has 0 heterocycles. The van der Waals surface area contributed by atoms with E-state index in [1.165, 1.54) is 7.11 Å². The maximum Gasteiger partial charge on any atom is 0.269 e. The Labute approximate surface area is 167 Å². The van der Waals surface area contributed by atoms with E-state index in [9.17, 15) is 9.59 Å². The molecule has 2 aromatic carbocycles. The number of aryl methyl sites for hydroxylation is 1. The molecule has 2 aromatic rings. The van der Waals surface area contributed by atoms with Crippen LogP contribution in [0.15, 0.2) is 42.5 Å². The lowest BCUT2D eigenvalue weighted by Crippen LogP contribution is -2.49. The Balaban J connectivity index is 1.75. The van der Waals surface area contributed by atoms with E-state index in [-0.39, 0.29) is 11.7 Å². The highest BCUT2D eigenvalue weighted by molar-refractivity contribution is 7.80. The van der Waals surface area contributed by atoms with Crippen molar-refractivity contribution in [1.29, 1.82) is 0 Å². The first-order valence-electron chi connectivity index (χ1n) is 7.82. The minimum absolute atomic E-state index is 0.0571. The molecular weight excluding hydrogens is 390 g/mol. The maximum absolute atomic E-state index is 12.0. The highest BCUT2D eigenvalue weighted by atomic mass is 35.5. The molecule has 9 heteroatoms.